The number of nitrogens with zero attached hydrogens (tertiary/aromatic N) is 1. The molecule has 0 aliphatic carbocycles. The van der Waals surface area contributed by atoms with E-state index in [2.05, 4.69) is 18.7 Å². The average Bonchev–Trinajstić information content (AvgIpc) is 2.54. The van der Waals surface area contributed by atoms with Crippen molar-refractivity contribution in [2.75, 3.05) is 0 Å². The van der Waals surface area contributed by atoms with Crippen LogP contribution in [0.4, 0.5) is 8.78 Å². The van der Waals surface area contributed by atoms with Crippen LogP contribution in [0.3, 0.4) is 0 Å². The molecule has 3 nitrogen and oxygen atoms in total. The summed E-state index contributed by atoms with van der Waals surface area (Å²) in [5, 5.41) is 0.669. The van der Waals surface area contributed by atoms with Crippen molar-refractivity contribution >= 4 is 21.4 Å². The lowest BCUT2D eigenvalue weighted by Crippen LogP contribution is -2.29. The maximum atomic E-state index is 12.6. The van der Waals surface area contributed by atoms with Gasteiger partial charge in [-0.05, 0) is 49.2 Å². The lowest BCUT2D eigenvalue weighted by molar-refractivity contribution is 0.203. The molecule has 0 spiro atoms. The number of sulfone groups is 1. The van der Waals surface area contributed by atoms with Crippen molar-refractivity contribution in [3.63, 3.8) is 0 Å². The third-order valence-corrected chi connectivity index (χ3v) is 5.51. The molecular weight excluding hydrogens is 368 g/mol. The Balaban J connectivity index is 2.15. The zero-order chi connectivity index (χ0) is 18.6. The quantitative estimate of drug-likeness (QED) is 0.688. The minimum absolute atomic E-state index is 0.239. The van der Waals surface area contributed by atoms with Crippen LogP contribution in [0.25, 0.3) is 0 Å². The van der Waals surface area contributed by atoms with E-state index in [1.54, 1.807) is 12.1 Å². The van der Waals surface area contributed by atoms with E-state index >= 15 is 0 Å². The number of rotatable bonds is 7. The second kappa shape index (κ2) is 8.25. The van der Waals surface area contributed by atoms with E-state index in [0.717, 1.165) is 11.1 Å². The summed E-state index contributed by atoms with van der Waals surface area (Å²) in [5.41, 5.74) is 1.92. The predicted octanol–water partition coefficient (Wildman–Crippen LogP) is 4.75. The van der Waals surface area contributed by atoms with Crippen molar-refractivity contribution in [3.8, 4) is 0 Å². The molecule has 0 fully saturated rings. The molecule has 7 heteroatoms. The van der Waals surface area contributed by atoms with E-state index in [0.29, 0.717) is 18.1 Å². The van der Waals surface area contributed by atoms with Gasteiger partial charge < -0.3 is 0 Å². The summed E-state index contributed by atoms with van der Waals surface area (Å²) < 4.78 is 48.1. The highest BCUT2D eigenvalue weighted by atomic mass is 35.5. The van der Waals surface area contributed by atoms with Crippen LogP contribution in [0.1, 0.15) is 25.0 Å². The molecule has 2 aromatic rings. The van der Waals surface area contributed by atoms with Crippen LogP contribution in [-0.2, 0) is 22.9 Å². The monoisotopic (exact) mass is 387 g/mol. The Morgan fingerprint density at radius 2 is 1.60 bits per heavy atom. The molecule has 0 aliphatic heterocycles. The zero-order valence-corrected chi connectivity index (χ0v) is 15.6. The van der Waals surface area contributed by atoms with Gasteiger partial charge in [-0.25, -0.2) is 8.42 Å². The second-order valence-corrected chi connectivity index (χ2v) is 8.43. The Labute approximate surface area is 152 Å². The molecular formula is C18H20ClF2NO2S. The van der Waals surface area contributed by atoms with Gasteiger partial charge in [-0.2, -0.15) is 8.78 Å². The molecule has 136 valence electrons. The highest BCUT2D eigenvalue weighted by Gasteiger charge is 2.26. The normalized spacial score (nSPS) is 12.3. The standard InChI is InChI=1S/C18H20ClF2NO2S/c1-13(2)22(12-15-4-3-5-16(19)10-15)11-14-6-8-17(9-7-14)25(23,24)18(20)21/h3-10,13,18H,11-12H2,1-2H3. The zero-order valence-electron chi connectivity index (χ0n) is 14.0. The van der Waals surface area contributed by atoms with Crippen LogP contribution in [0.15, 0.2) is 53.4 Å². The summed E-state index contributed by atoms with van der Waals surface area (Å²) in [6.45, 7) is 5.36. The van der Waals surface area contributed by atoms with Crippen LogP contribution in [0.5, 0.6) is 0 Å². The third-order valence-electron chi connectivity index (χ3n) is 3.88. The smallest absolute Gasteiger partial charge is 0.292 e. The van der Waals surface area contributed by atoms with Crippen LogP contribution < -0.4 is 0 Å². The fourth-order valence-corrected chi connectivity index (χ4v) is 3.35. The lowest BCUT2D eigenvalue weighted by atomic mass is 10.1. The highest BCUT2D eigenvalue weighted by molar-refractivity contribution is 7.91. The van der Waals surface area contributed by atoms with E-state index in [9.17, 15) is 17.2 Å². The number of hydrogen-bond donors (Lipinski definition) is 0. The van der Waals surface area contributed by atoms with E-state index in [1.165, 1.54) is 12.1 Å². The van der Waals surface area contributed by atoms with Crippen LogP contribution in [0, 0.1) is 0 Å². The molecule has 0 saturated heterocycles. The molecule has 0 heterocycles. The fraction of sp³-hybridized carbons (Fsp3) is 0.333. The number of alkyl halides is 2. The first kappa shape index (κ1) is 19.8. The minimum Gasteiger partial charge on any atom is -0.292 e. The number of hydrogen-bond acceptors (Lipinski definition) is 3. The molecule has 0 atom stereocenters. The van der Waals surface area contributed by atoms with Crippen molar-refractivity contribution < 1.29 is 17.2 Å². The van der Waals surface area contributed by atoms with Crippen molar-refractivity contribution in [3.05, 3.63) is 64.7 Å². The highest BCUT2D eigenvalue weighted by Crippen LogP contribution is 2.21. The Bertz CT molecular complexity index is 808. The maximum absolute atomic E-state index is 12.6. The minimum atomic E-state index is -4.55. The van der Waals surface area contributed by atoms with Crippen LogP contribution in [0.2, 0.25) is 5.02 Å². The SMILES string of the molecule is CC(C)N(Cc1ccc(S(=O)(=O)C(F)F)cc1)Cc1cccc(Cl)c1. The largest absolute Gasteiger partial charge is 0.341 e. The van der Waals surface area contributed by atoms with Gasteiger partial charge in [-0.3, -0.25) is 4.90 Å². The Morgan fingerprint density at radius 1 is 1.00 bits per heavy atom. The van der Waals surface area contributed by atoms with E-state index in [4.69, 9.17) is 11.6 Å². The Kier molecular flexibility index (Phi) is 6.54. The van der Waals surface area contributed by atoms with Gasteiger partial charge in [0.1, 0.15) is 0 Å². The Morgan fingerprint density at radius 3 is 2.12 bits per heavy atom. The van der Waals surface area contributed by atoms with Crippen molar-refractivity contribution in [1.29, 1.82) is 0 Å². The Hall–Kier alpha value is -1.50. The van der Waals surface area contributed by atoms with Gasteiger partial charge in [0.15, 0.2) is 0 Å². The topological polar surface area (TPSA) is 37.4 Å². The van der Waals surface area contributed by atoms with Gasteiger partial charge in [0.25, 0.3) is 0 Å². The summed E-state index contributed by atoms with van der Waals surface area (Å²) in [4.78, 5) is 1.82. The molecule has 2 aromatic carbocycles. The lowest BCUT2D eigenvalue weighted by Gasteiger charge is -2.27. The molecule has 0 amide bonds. The van der Waals surface area contributed by atoms with Gasteiger partial charge in [0.2, 0.25) is 9.84 Å². The van der Waals surface area contributed by atoms with Crippen molar-refractivity contribution in [1.82, 2.24) is 4.90 Å². The average molecular weight is 388 g/mol. The number of halogens is 3. The molecule has 0 aromatic heterocycles. The van der Waals surface area contributed by atoms with Gasteiger partial charge in [-0.1, -0.05) is 35.9 Å². The molecule has 0 N–H and O–H groups in total. The van der Waals surface area contributed by atoms with Gasteiger partial charge in [-0.15, -0.1) is 0 Å². The summed E-state index contributed by atoms with van der Waals surface area (Å²) in [6.07, 6.45) is 0. The molecule has 2 rings (SSSR count). The maximum Gasteiger partial charge on any atom is 0.341 e. The summed E-state index contributed by atoms with van der Waals surface area (Å²) in [6, 6.07) is 13.4. The first-order chi connectivity index (χ1) is 11.7. The van der Waals surface area contributed by atoms with Gasteiger partial charge in [0, 0.05) is 24.2 Å². The summed E-state index contributed by atoms with van der Waals surface area (Å²) >= 11 is 6.02. The molecule has 0 unspecified atom stereocenters. The number of benzene rings is 2. The van der Waals surface area contributed by atoms with E-state index in [1.807, 2.05) is 24.3 Å². The van der Waals surface area contributed by atoms with Crippen molar-refractivity contribution in [2.45, 2.75) is 43.6 Å². The predicted molar refractivity (Wildman–Crippen MR) is 95.5 cm³/mol. The van der Waals surface area contributed by atoms with Gasteiger partial charge in [0.05, 0.1) is 4.90 Å². The summed E-state index contributed by atoms with van der Waals surface area (Å²) in [5.74, 6) is -3.41. The second-order valence-electron chi connectivity index (χ2n) is 6.08. The van der Waals surface area contributed by atoms with Crippen LogP contribution >= 0.6 is 11.6 Å². The molecule has 25 heavy (non-hydrogen) atoms. The molecule has 0 saturated carbocycles. The van der Waals surface area contributed by atoms with Crippen molar-refractivity contribution in [2.24, 2.45) is 0 Å². The van der Waals surface area contributed by atoms with E-state index < -0.39 is 15.6 Å². The van der Waals surface area contributed by atoms with Gasteiger partial charge >= 0.3 is 5.76 Å². The fourth-order valence-electron chi connectivity index (χ4n) is 2.41. The molecule has 0 aliphatic rings. The van der Waals surface area contributed by atoms with Crippen LogP contribution in [-0.4, -0.2) is 25.1 Å². The van der Waals surface area contributed by atoms with E-state index in [-0.39, 0.29) is 10.9 Å². The first-order valence-corrected chi connectivity index (χ1v) is 9.72. The molecule has 0 bridgehead atoms. The molecule has 0 radical (unpaired) electrons. The third kappa shape index (κ3) is 5.23. The summed E-state index contributed by atoms with van der Waals surface area (Å²) in [7, 11) is -4.55. The first-order valence-electron chi connectivity index (χ1n) is 7.79.